The van der Waals surface area contributed by atoms with Crippen molar-refractivity contribution in [3.63, 3.8) is 0 Å². The van der Waals surface area contributed by atoms with E-state index in [0.717, 1.165) is 0 Å². The summed E-state index contributed by atoms with van der Waals surface area (Å²) in [5.41, 5.74) is -0.00163. The number of rotatable bonds is 6. The van der Waals surface area contributed by atoms with Crippen LogP contribution in [0.4, 0.5) is 0 Å². The van der Waals surface area contributed by atoms with Crippen LogP contribution in [0.3, 0.4) is 0 Å². The number of hydrogen-bond donors (Lipinski definition) is 3. The highest BCUT2D eigenvalue weighted by Gasteiger charge is 2.23. The van der Waals surface area contributed by atoms with Gasteiger partial charge in [-0.2, -0.15) is 0 Å². The Hall–Kier alpha value is -2.02. The molecule has 8 heteroatoms. The molecule has 1 atom stereocenters. The Bertz CT molecular complexity index is 469. The quantitative estimate of drug-likeness (QED) is 0.712. The zero-order valence-electron chi connectivity index (χ0n) is 9.05. The molecule has 1 rings (SSSR count). The second-order valence-corrected chi connectivity index (χ2v) is 3.75. The number of furan rings is 1. The maximum atomic E-state index is 11.6. The number of hydrogen-bond acceptors (Lipinski definition) is 4. The van der Waals surface area contributed by atoms with Crippen molar-refractivity contribution in [3.05, 3.63) is 23.1 Å². The highest BCUT2D eigenvalue weighted by Crippen LogP contribution is 2.16. The highest BCUT2D eigenvalue weighted by molar-refractivity contribution is 6.32. The van der Waals surface area contributed by atoms with E-state index in [1.807, 2.05) is 0 Å². The highest BCUT2D eigenvalue weighted by atomic mass is 35.5. The smallest absolute Gasteiger partial charge is 0.326 e. The van der Waals surface area contributed by atoms with Crippen LogP contribution < -0.4 is 5.32 Å². The van der Waals surface area contributed by atoms with Crippen molar-refractivity contribution in [2.24, 2.45) is 0 Å². The molecule has 0 aliphatic carbocycles. The number of carbonyl (C=O) groups is 3. The normalized spacial score (nSPS) is 11.8. The Balaban J connectivity index is 2.67. The van der Waals surface area contributed by atoms with Gasteiger partial charge >= 0.3 is 11.9 Å². The molecule has 18 heavy (non-hydrogen) atoms. The molecule has 0 fully saturated rings. The Morgan fingerprint density at radius 2 is 2.06 bits per heavy atom. The Morgan fingerprint density at radius 3 is 2.50 bits per heavy atom. The summed E-state index contributed by atoms with van der Waals surface area (Å²) in [5.74, 6) is -3.19. The maximum absolute atomic E-state index is 11.6. The van der Waals surface area contributed by atoms with Crippen LogP contribution in [0.2, 0.25) is 5.22 Å². The molecule has 0 spiro atoms. The molecule has 98 valence electrons. The van der Waals surface area contributed by atoms with Crippen molar-refractivity contribution in [2.45, 2.75) is 18.9 Å². The first-order valence-corrected chi connectivity index (χ1v) is 5.28. The first-order chi connectivity index (χ1) is 8.41. The van der Waals surface area contributed by atoms with Crippen LogP contribution in [-0.4, -0.2) is 34.1 Å². The second kappa shape index (κ2) is 6.06. The van der Waals surface area contributed by atoms with E-state index in [9.17, 15) is 14.4 Å². The molecule has 0 bridgehead atoms. The van der Waals surface area contributed by atoms with Crippen LogP contribution in [0.15, 0.2) is 16.7 Å². The number of carboxylic acids is 2. The minimum atomic E-state index is -1.32. The second-order valence-electron chi connectivity index (χ2n) is 3.40. The molecule has 7 nitrogen and oxygen atoms in total. The third kappa shape index (κ3) is 3.77. The van der Waals surface area contributed by atoms with Crippen molar-refractivity contribution < 1.29 is 29.0 Å². The van der Waals surface area contributed by atoms with Gasteiger partial charge in [0.2, 0.25) is 5.22 Å². The molecule has 0 saturated carbocycles. The van der Waals surface area contributed by atoms with E-state index in [1.54, 1.807) is 0 Å². The molecule has 0 radical (unpaired) electrons. The van der Waals surface area contributed by atoms with Gasteiger partial charge in [0.05, 0.1) is 11.8 Å². The lowest BCUT2D eigenvalue weighted by atomic mass is 10.1. The first kappa shape index (κ1) is 14.0. The molecular formula is C10H10ClNO6. The first-order valence-electron chi connectivity index (χ1n) is 4.90. The standard InChI is InChI=1S/C10H10ClNO6/c11-8-5(3-4-18-8)9(15)12-6(10(16)17)1-2-7(13)14/h3-4,6H,1-2H2,(H,12,15)(H,13,14)(H,16,17)/t6-/m0/s1. The van der Waals surface area contributed by atoms with Gasteiger partial charge < -0.3 is 19.9 Å². The van der Waals surface area contributed by atoms with Gasteiger partial charge in [-0.05, 0) is 24.1 Å². The van der Waals surface area contributed by atoms with Crippen LogP contribution in [0.1, 0.15) is 23.2 Å². The van der Waals surface area contributed by atoms with Crippen molar-refractivity contribution in [1.29, 1.82) is 0 Å². The molecule has 1 aromatic rings. The Labute approximate surface area is 106 Å². The summed E-state index contributed by atoms with van der Waals surface area (Å²) < 4.78 is 4.69. The number of carboxylic acid groups (broad SMARTS) is 2. The van der Waals surface area contributed by atoms with E-state index >= 15 is 0 Å². The lowest BCUT2D eigenvalue weighted by molar-refractivity contribution is -0.140. The molecule has 1 aromatic heterocycles. The lowest BCUT2D eigenvalue weighted by Gasteiger charge is -2.12. The van der Waals surface area contributed by atoms with Gasteiger partial charge in [0.25, 0.3) is 5.91 Å². The molecule has 3 N–H and O–H groups in total. The van der Waals surface area contributed by atoms with Gasteiger partial charge in [-0.1, -0.05) is 0 Å². The third-order valence-electron chi connectivity index (χ3n) is 2.11. The fraction of sp³-hybridized carbons (Fsp3) is 0.300. The lowest BCUT2D eigenvalue weighted by Crippen LogP contribution is -2.41. The van der Waals surface area contributed by atoms with Gasteiger partial charge in [-0.25, -0.2) is 4.79 Å². The fourth-order valence-electron chi connectivity index (χ4n) is 1.22. The van der Waals surface area contributed by atoms with E-state index in [-0.39, 0.29) is 23.6 Å². The zero-order valence-corrected chi connectivity index (χ0v) is 9.81. The minimum Gasteiger partial charge on any atom is -0.481 e. The van der Waals surface area contributed by atoms with Gasteiger partial charge in [0, 0.05) is 6.42 Å². The van der Waals surface area contributed by atoms with E-state index in [4.69, 9.17) is 21.8 Å². The van der Waals surface area contributed by atoms with Crippen molar-refractivity contribution in [2.75, 3.05) is 0 Å². The zero-order chi connectivity index (χ0) is 13.7. The van der Waals surface area contributed by atoms with Crippen molar-refractivity contribution in [3.8, 4) is 0 Å². The molecule has 1 heterocycles. The Morgan fingerprint density at radius 1 is 1.39 bits per heavy atom. The van der Waals surface area contributed by atoms with Crippen LogP contribution in [0.5, 0.6) is 0 Å². The predicted molar refractivity (Wildman–Crippen MR) is 59.5 cm³/mol. The van der Waals surface area contributed by atoms with Gasteiger partial charge in [0.1, 0.15) is 6.04 Å². The minimum absolute atomic E-state index is 0.00163. The Kier molecular flexibility index (Phi) is 4.73. The van der Waals surface area contributed by atoms with Crippen LogP contribution in [0, 0.1) is 0 Å². The summed E-state index contributed by atoms with van der Waals surface area (Å²) in [6.45, 7) is 0. The molecule has 1 amide bonds. The topological polar surface area (TPSA) is 117 Å². The number of amides is 1. The fourth-order valence-corrected chi connectivity index (χ4v) is 1.42. The molecule has 0 saturated heterocycles. The van der Waals surface area contributed by atoms with Crippen LogP contribution in [0.25, 0.3) is 0 Å². The average Bonchev–Trinajstić information content (AvgIpc) is 2.69. The molecule has 0 aliphatic heterocycles. The molecule has 0 aromatic carbocycles. The summed E-state index contributed by atoms with van der Waals surface area (Å²) in [6.07, 6.45) is 0.604. The summed E-state index contributed by atoms with van der Waals surface area (Å²) >= 11 is 5.56. The third-order valence-corrected chi connectivity index (χ3v) is 2.41. The number of aliphatic carboxylic acids is 2. The van der Waals surface area contributed by atoms with E-state index in [1.165, 1.54) is 12.3 Å². The van der Waals surface area contributed by atoms with E-state index in [2.05, 4.69) is 9.73 Å². The average molecular weight is 276 g/mol. The van der Waals surface area contributed by atoms with Crippen molar-refractivity contribution >= 4 is 29.4 Å². The predicted octanol–water partition coefficient (Wildman–Crippen LogP) is 0.981. The van der Waals surface area contributed by atoms with Crippen LogP contribution >= 0.6 is 11.6 Å². The SMILES string of the molecule is O=C(O)CC[C@H](NC(=O)c1ccoc1Cl)C(=O)O. The molecule has 0 aliphatic rings. The number of halogens is 1. The molecular weight excluding hydrogens is 266 g/mol. The largest absolute Gasteiger partial charge is 0.481 e. The molecule has 0 unspecified atom stereocenters. The van der Waals surface area contributed by atoms with E-state index in [0.29, 0.717) is 0 Å². The van der Waals surface area contributed by atoms with Gasteiger partial charge in [0.15, 0.2) is 0 Å². The van der Waals surface area contributed by atoms with Gasteiger partial charge in [-0.15, -0.1) is 0 Å². The summed E-state index contributed by atoms with van der Waals surface area (Å²) in [4.78, 5) is 32.8. The van der Waals surface area contributed by atoms with Crippen LogP contribution in [-0.2, 0) is 9.59 Å². The van der Waals surface area contributed by atoms with Crippen molar-refractivity contribution in [1.82, 2.24) is 5.32 Å². The maximum Gasteiger partial charge on any atom is 0.326 e. The van der Waals surface area contributed by atoms with Gasteiger partial charge in [-0.3, -0.25) is 9.59 Å². The monoisotopic (exact) mass is 275 g/mol. The summed E-state index contributed by atoms with van der Waals surface area (Å²) in [7, 11) is 0. The number of nitrogens with one attached hydrogen (secondary N) is 1. The van der Waals surface area contributed by atoms with E-state index < -0.39 is 23.9 Å². The number of carbonyl (C=O) groups excluding carboxylic acids is 1. The summed E-state index contributed by atoms with van der Waals surface area (Å²) in [5, 5.41) is 19.3. The summed E-state index contributed by atoms with van der Waals surface area (Å²) in [6, 6.07) is -0.00658.